The van der Waals surface area contributed by atoms with E-state index in [-0.39, 0.29) is 5.91 Å². The molecule has 0 aromatic heterocycles. The van der Waals surface area contributed by atoms with E-state index >= 15 is 0 Å². The third kappa shape index (κ3) is 5.29. The van der Waals surface area contributed by atoms with Crippen LogP contribution in [0, 0.1) is 0 Å². The molecule has 0 fully saturated rings. The van der Waals surface area contributed by atoms with Gasteiger partial charge in [0.2, 0.25) is 0 Å². The summed E-state index contributed by atoms with van der Waals surface area (Å²) >= 11 is 6.36. The Morgan fingerprint density at radius 1 is 1.12 bits per heavy atom. The lowest BCUT2D eigenvalue weighted by atomic mass is 9.93. The molecule has 0 saturated heterocycles. The number of nitrogens with zero attached hydrogens (tertiary/aromatic N) is 1. The quantitative estimate of drug-likeness (QED) is 0.505. The van der Waals surface area contributed by atoms with E-state index in [0.29, 0.717) is 53.0 Å². The largest absolute Gasteiger partial charge is 0.493 e. The van der Waals surface area contributed by atoms with Crippen molar-refractivity contribution in [3.63, 3.8) is 0 Å². The molecule has 3 aromatic carbocycles. The van der Waals surface area contributed by atoms with Crippen LogP contribution < -0.4 is 9.47 Å². The summed E-state index contributed by atoms with van der Waals surface area (Å²) in [4.78, 5) is 25.9. The molecule has 0 saturated carbocycles. The molecule has 4 rings (SSSR count). The number of likely N-dealkylation sites (N-methyl/N-ethyl adjacent to an activating group) is 1. The summed E-state index contributed by atoms with van der Waals surface area (Å²) in [5.41, 5.74) is 2.29. The summed E-state index contributed by atoms with van der Waals surface area (Å²) in [6, 6.07) is 20.1. The van der Waals surface area contributed by atoms with Crippen LogP contribution in [-0.2, 0) is 11.2 Å². The number of hydrogen-bond donors (Lipinski definition) is 1. The van der Waals surface area contributed by atoms with Gasteiger partial charge < -0.3 is 19.5 Å². The maximum atomic E-state index is 12.7. The highest BCUT2D eigenvalue weighted by Crippen LogP contribution is 2.41. The molecular formula is C26H24ClNO5. The third-order valence-corrected chi connectivity index (χ3v) is 5.95. The summed E-state index contributed by atoms with van der Waals surface area (Å²) < 4.78 is 11.5. The Kier molecular flexibility index (Phi) is 6.84. The van der Waals surface area contributed by atoms with Crippen molar-refractivity contribution in [2.45, 2.75) is 18.8 Å². The molecule has 0 spiro atoms. The van der Waals surface area contributed by atoms with Gasteiger partial charge in [0.15, 0.2) is 0 Å². The first-order chi connectivity index (χ1) is 15.9. The second-order valence-electron chi connectivity index (χ2n) is 7.94. The number of aliphatic carboxylic acids is 1. The van der Waals surface area contributed by atoms with Crippen LogP contribution in [0.25, 0.3) is 0 Å². The van der Waals surface area contributed by atoms with Crippen molar-refractivity contribution < 1.29 is 24.2 Å². The maximum absolute atomic E-state index is 12.7. The van der Waals surface area contributed by atoms with Crippen molar-refractivity contribution in [1.29, 1.82) is 0 Å². The molecule has 1 aliphatic rings. The highest BCUT2D eigenvalue weighted by atomic mass is 35.5. The number of rotatable bonds is 7. The van der Waals surface area contributed by atoms with Crippen molar-refractivity contribution >= 4 is 23.5 Å². The standard InChI is InChI=1S/C26H24ClNO5/c1-28(13-11-17-5-3-2-4-6-17)25(29)18-7-9-19(10-8-18)33-24-16-23-21(15-22(24)27)20(26(30)31)12-14-32-23/h2-10,15-16,20H,11-14H2,1H3,(H,30,31). The number of fused-ring (bicyclic) bond motifs is 1. The zero-order valence-corrected chi connectivity index (χ0v) is 18.9. The highest BCUT2D eigenvalue weighted by Gasteiger charge is 2.29. The van der Waals surface area contributed by atoms with E-state index in [2.05, 4.69) is 0 Å². The van der Waals surface area contributed by atoms with Gasteiger partial charge in [0.1, 0.15) is 17.2 Å². The summed E-state index contributed by atoms with van der Waals surface area (Å²) in [5.74, 6) is -0.300. The van der Waals surface area contributed by atoms with Crippen LogP contribution in [0.4, 0.5) is 0 Å². The van der Waals surface area contributed by atoms with Crippen molar-refractivity contribution in [3.8, 4) is 17.2 Å². The van der Waals surface area contributed by atoms with Gasteiger partial charge in [-0.2, -0.15) is 0 Å². The van der Waals surface area contributed by atoms with Crippen LogP contribution in [0.15, 0.2) is 66.7 Å². The second-order valence-corrected chi connectivity index (χ2v) is 8.34. The van der Waals surface area contributed by atoms with Crippen molar-refractivity contribution in [2.75, 3.05) is 20.2 Å². The van der Waals surface area contributed by atoms with E-state index in [1.165, 1.54) is 5.56 Å². The minimum Gasteiger partial charge on any atom is -0.493 e. The molecular weight excluding hydrogens is 442 g/mol. The first-order valence-electron chi connectivity index (χ1n) is 10.7. The second kappa shape index (κ2) is 9.96. The molecule has 0 radical (unpaired) electrons. The van der Waals surface area contributed by atoms with E-state index in [4.69, 9.17) is 21.1 Å². The molecule has 3 aromatic rings. The average Bonchev–Trinajstić information content (AvgIpc) is 2.83. The number of benzene rings is 3. The number of carbonyl (C=O) groups excluding carboxylic acids is 1. The lowest BCUT2D eigenvalue weighted by Crippen LogP contribution is -2.28. The van der Waals surface area contributed by atoms with Gasteiger partial charge in [-0.25, -0.2) is 0 Å². The van der Waals surface area contributed by atoms with Gasteiger partial charge in [0, 0.05) is 30.8 Å². The molecule has 1 atom stereocenters. The highest BCUT2D eigenvalue weighted by molar-refractivity contribution is 6.32. The smallest absolute Gasteiger partial charge is 0.311 e. The van der Waals surface area contributed by atoms with E-state index in [1.54, 1.807) is 48.3 Å². The predicted molar refractivity (Wildman–Crippen MR) is 126 cm³/mol. The monoisotopic (exact) mass is 465 g/mol. The Balaban J connectivity index is 1.42. The first kappa shape index (κ1) is 22.7. The van der Waals surface area contributed by atoms with Crippen LogP contribution >= 0.6 is 11.6 Å². The molecule has 0 aliphatic carbocycles. The summed E-state index contributed by atoms with van der Waals surface area (Å²) in [6.07, 6.45) is 1.18. The number of amides is 1. The first-order valence-corrected chi connectivity index (χ1v) is 11.1. The Hall–Kier alpha value is -3.51. The van der Waals surface area contributed by atoms with E-state index in [1.807, 2.05) is 30.3 Å². The molecule has 1 aliphatic heterocycles. The van der Waals surface area contributed by atoms with Crippen molar-refractivity contribution in [1.82, 2.24) is 4.90 Å². The van der Waals surface area contributed by atoms with Crippen LogP contribution in [0.5, 0.6) is 17.2 Å². The van der Waals surface area contributed by atoms with Gasteiger partial charge in [-0.05, 0) is 48.7 Å². The number of hydrogen-bond acceptors (Lipinski definition) is 4. The van der Waals surface area contributed by atoms with Gasteiger partial charge in [-0.15, -0.1) is 0 Å². The van der Waals surface area contributed by atoms with Crippen LogP contribution in [0.1, 0.15) is 33.8 Å². The summed E-state index contributed by atoms with van der Waals surface area (Å²) in [7, 11) is 1.78. The van der Waals surface area contributed by atoms with Crippen LogP contribution in [0.2, 0.25) is 5.02 Å². The Morgan fingerprint density at radius 3 is 2.55 bits per heavy atom. The predicted octanol–water partition coefficient (Wildman–Crippen LogP) is 5.40. The molecule has 0 bridgehead atoms. The fraction of sp³-hybridized carbons (Fsp3) is 0.231. The minimum atomic E-state index is -0.904. The van der Waals surface area contributed by atoms with E-state index in [0.717, 1.165) is 6.42 Å². The Bertz CT molecular complexity index is 1150. The van der Waals surface area contributed by atoms with Gasteiger partial charge in [0.25, 0.3) is 5.91 Å². The summed E-state index contributed by atoms with van der Waals surface area (Å²) in [6.45, 7) is 0.933. The average molecular weight is 466 g/mol. The minimum absolute atomic E-state index is 0.0718. The molecule has 1 amide bonds. The molecule has 170 valence electrons. The maximum Gasteiger partial charge on any atom is 0.311 e. The topological polar surface area (TPSA) is 76.1 Å². The van der Waals surface area contributed by atoms with Gasteiger partial charge >= 0.3 is 5.97 Å². The third-order valence-electron chi connectivity index (χ3n) is 5.66. The normalized spacial score (nSPS) is 14.7. The lowest BCUT2D eigenvalue weighted by molar-refractivity contribution is -0.139. The molecule has 7 heteroatoms. The molecule has 1 unspecified atom stereocenters. The van der Waals surface area contributed by atoms with E-state index < -0.39 is 11.9 Å². The summed E-state index contributed by atoms with van der Waals surface area (Å²) in [5, 5.41) is 9.72. The van der Waals surface area contributed by atoms with Gasteiger partial charge in [-0.3, -0.25) is 9.59 Å². The van der Waals surface area contributed by atoms with Gasteiger partial charge in [-0.1, -0.05) is 41.9 Å². The molecule has 33 heavy (non-hydrogen) atoms. The Morgan fingerprint density at radius 2 is 1.85 bits per heavy atom. The molecule has 6 nitrogen and oxygen atoms in total. The molecule has 1 N–H and O–H groups in total. The SMILES string of the molecule is CN(CCc1ccccc1)C(=O)c1ccc(Oc2cc3c(cc2Cl)C(C(=O)O)CCO3)cc1. The number of ether oxygens (including phenoxy) is 2. The fourth-order valence-electron chi connectivity index (χ4n) is 3.78. The Labute approximate surface area is 197 Å². The van der Waals surface area contributed by atoms with Crippen LogP contribution in [-0.4, -0.2) is 42.1 Å². The van der Waals surface area contributed by atoms with Crippen molar-refractivity contribution in [2.24, 2.45) is 0 Å². The number of halogens is 1. The molecule has 1 heterocycles. The van der Waals surface area contributed by atoms with E-state index in [9.17, 15) is 14.7 Å². The number of carboxylic acids is 1. The van der Waals surface area contributed by atoms with Crippen LogP contribution in [0.3, 0.4) is 0 Å². The number of carboxylic acid groups (broad SMARTS) is 1. The zero-order chi connectivity index (χ0) is 23.4. The zero-order valence-electron chi connectivity index (χ0n) is 18.2. The number of carbonyl (C=O) groups is 2. The fourth-order valence-corrected chi connectivity index (χ4v) is 3.99. The van der Waals surface area contributed by atoms with Crippen molar-refractivity contribution in [3.05, 3.63) is 88.4 Å². The van der Waals surface area contributed by atoms with Gasteiger partial charge in [0.05, 0.1) is 17.5 Å². The lowest BCUT2D eigenvalue weighted by Gasteiger charge is -2.24.